The number of nitrogens with one attached hydrogen (secondary N) is 1. The summed E-state index contributed by atoms with van der Waals surface area (Å²) in [6, 6.07) is 14.5. The highest BCUT2D eigenvalue weighted by molar-refractivity contribution is 7.99. The average molecular weight is 394 g/mol. The van der Waals surface area contributed by atoms with Gasteiger partial charge in [-0.25, -0.2) is 8.93 Å². The molecule has 2 aromatic carbocycles. The Balaban J connectivity index is 2.18. The third-order valence-electron chi connectivity index (χ3n) is 4.82. The van der Waals surface area contributed by atoms with E-state index in [1.807, 2.05) is 46.8 Å². The Morgan fingerprint density at radius 1 is 1.08 bits per heavy atom. The van der Waals surface area contributed by atoms with Crippen LogP contribution in [0, 0.1) is 0 Å². The van der Waals surface area contributed by atoms with Crippen molar-refractivity contribution >= 4 is 33.5 Å². The number of benzene rings is 2. The van der Waals surface area contributed by atoms with Crippen molar-refractivity contribution in [2.75, 3.05) is 5.75 Å². The van der Waals surface area contributed by atoms with Crippen LogP contribution in [0.15, 0.2) is 47.4 Å². The second kappa shape index (κ2) is 8.87. The van der Waals surface area contributed by atoms with Crippen molar-refractivity contribution in [2.24, 2.45) is 0 Å². The highest BCUT2D eigenvalue weighted by atomic mass is 32.2. The van der Waals surface area contributed by atoms with E-state index in [4.69, 9.17) is 0 Å². The molecule has 2 aromatic rings. The van der Waals surface area contributed by atoms with Gasteiger partial charge >= 0.3 is 0 Å². The van der Waals surface area contributed by atoms with Crippen molar-refractivity contribution in [2.45, 2.75) is 68.7 Å². The Labute approximate surface area is 164 Å². The lowest BCUT2D eigenvalue weighted by molar-refractivity contribution is 0.00862. The number of fused-ring (bicyclic) bond motifs is 1. The van der Waals surface area contributed by atoms with Gasteiger partial charge in [0.2, 0.25) is 0 Å². The molecule has 0 bridgehead atoms. The van der Waals surface area contributed by atoms with Gasteiger partial charge in [0.1, 0.15) is 0 Å². The molecule has 5 heteroatoms. The predicted molar refractivity (Wildman–Crippen MR) is 115 cm³/mol. The van der Waals surface area contributed by atoms with Crippen molar-refractivity contribution in [3.63, 3.8) is 0 Å². The van der Waals surface area contributed by atoms with Crippen LogP contribution < -0.4 is 4.72 Å². The predicted octanol–water partition coefficient (Wildman–Crippen LogP) is 4.90. The van der Waals surface area contributed by atoms with E-state index < -0.39 is 16.6 Å². The molecular weight excluding hydrogens is 362 g/mol. The van der Waals surface area contributed by atoms with E-state index in [1.54, 1.807) is 11.8 Å². The van der Waals surface area contributed by atoms with E-state index in [-0.39, 0.29) is 10.8 Å². The van der Waals surface area contributed by atoms with Crippen molar-refractivity contribution in [1.82, 2.24) is 4.72 Å². The zero-order valence-electron chi connectivity index (χ0n) is 16.4. The van der Waals surface area contributed by atoms with Crippen LogP contribution in [0.1, 0.15) is 47.5 Å². The maximum Gasteiger partial charge on any atom is 0.0974 e. The van der Waals surface area contributed by atoms with Crippen molar-refractivity contribution in [3.8, 4) is 0 Å². The van der Waals surface area contributed by atoms with Gasteiger partial charge in [-0.1, -0.05) is 44.2 Å². The summed E-state index contributed by atoms with van der Waals surface area (Å²) in [7, 11) is -1.22. The van der Waals surface area contributed by atoms with E-state index in [2.05, 4.69) is 35.1 Å². The first-order chi connectivity index (χ1) is 12.2. The van der Waals surface area contributed by atoms with E-state index in [0.717, 1.165) is 4.90 Å². The SMILES string of the molecule is CCC(O)(CC)[C@@H](CSc1ccc2ccccc2c1)NS(=O)C(C)(C)C. The lowest BCUT2D eigenvalue weighted by Gasteiger charge is -2.36. The van der Waals surface area contributed by atoms with Gasteiger partial charge in [-0.15, -0.1) is 11.8 Å². The molecule has 0 aliphatic rings. The third kappa shape index (κ3) is 5.32. The van der Waals surface area contributed by atoms with Gasteiger partial charge in [0.05, 0.1) is 27.4 Å². The second-order valence-electron chi connectivity index (χ2n) is 7.68. The fraction of sp³-hybridized carbons (Fsp3) is 0.524. The van der Waals surface area contributed by atoms with Gasteiger partial charge in [0, 0.05) is 10.6 Å². The molecule has 144 valence electrons. The summed E-state index contributed by atoms with van der Waals surface area (Å²) in [6.07, 6.45) is 1.25. The largest absolute Gasteiger partial charge is 0.388 e. The standard InChI is InChI=1S/C21H31NO2S2/c1-6-21(23,7-2)19(22-26(24)20(3,4)5)15-25-18-13-12-16-10-8-9-11-17(16)14-18/h8-14,19,22-23H,6-7,15H2,1-5H3/t19-,26?/m1/s1. The topological polar surface area (TPSA) is 49.3 Å². The van der Waals surface area contributed by atoms with Crippen LogP contribution in [-0.2, 0) is 11.0 Å². The first-order valence-corrected chi connectivity index (χ1v) is 11.3. The minimum atomic E-state index is -1.22. The summed E-state index contributed by atoms with van der Waals surface area (Å²) in [5.74, 6) is 0.665. The molecule has 0 radical (unpaired) electrons. The Hall–Kier alpha value is -0.880. The average Bonchev–Trinajstić information content (AvgIpc) is 2.63. The molecule has 2 rings (SSSR count). The monoisotopic (exact) mass is 393 g/mol. The van der Waals surface area contributed by atoms with Crippen LogP contribution in [0.5, 0.6) is 0 Å². The quantitative estimate of drug-likeness (QED) is 0.627. The van der Waals surface area contributed by atoms with Gasteiger partial charge in [0.25, 0.3) is 0 Å². The molecule has 0 amide bonds. The van der Waals surface area contributed by atoms with E-state index in [0.29, 0.717) is 18.6 Å². The molecule has 2 atom stereocenters. The molecule has 0 aliphatic heterocycles. The summed E-state index contributed by atoms with van der Waals surface area (Å²) in [6.45, 7) is 9.81. The van der Waals surface area contributed by atoms with Crippen LogP contribution in [0.4, 0.5) is 0 Å². The highest BCUT2D eigenvalue weighted by Crippen LogP contribution is 2.29. The molecule has 0 heterocycles. The molecule has 1 unspecified atom stereocenters. The summed E-state index contributed by atoms with van der Waals surface area (Å²) in [5.41, 5.74) is -0.870. The Kier molecular flexibility index (Phi) is 7.31. The van der Waals surface area contributed by atoms with Crippen LogP contribution in [0.3, 0.4) is 0 Å². The fourth-order valence-corrected chi connectivity index (χ4v) is 4.93. The van der Waals surface area contributed by atoms with Crippen LogP contribution in [0.2, 0.25) is 0 Å². The minimum absolute atomic E-state index is 0.242. The van der Waals surface area contributed by atoms with E-state index in [1.165, 1.54) is 10.8 Å². The zero-order valence-corrected chi connectivity index (χ0v) is 18.0. The Bertz CT molecular complexity index is 751. The smallest absolute Gasteiger partial charge is 0.0974 e. The summed E-state index contributed by atoms with van der Waals surface area (Å²) in [5, 5.41) is 13.5. The number of thioether (sulfide) groups is 1. The number of aliphatic hydroxyl groups is 1. The Morgan fingerprint density at radius 2 is 1.69 bits per heavy atom. The first kappa shape index (κ1) is 21.4. The van der Waals surface area contributed by atoms with Crippen LogP contribution in [-0.4, -0.2) is 31.5 Å². The number of rotatable bonds is 8. The molecule has 26 heavy (non-hydrogen) atoms. The molecular formula is C21H31NO2S2. The van der Waals surface area contributed by atoms with Crippen molar-refractivity contribution in [3.05, 3.63) is 42.5 Å². The van der Waals surface area contributed by atoms with Crippen molar-refractivity contribution in [1.29, 1.82) is 0 Å². The Morgan fingerprint density at radius 3 is 2.27 bits per heavy atom. The van der Waals surface area contributed by atoms with Gasteiger partial charge < -0.3 is 5.11 Å². The molecule has 0 saturated heterocycles. The van der Waals surface area contributed by atoms with Crippen LogP contribution >= 0.6 is 11.8 Å². The summed E-state index contributed by atoms with van der Waals surface area (Å²) >= 11 is 1.70. The molecule has 3 nitrogen and oxygen atoms in total. The number of hydrogen-bond donors (Lipinski definition) is 2. The second-order valence-corrected chi connectivity index (χ2v) is 10.8. The fourth-order valence-electron chi connectivity index (χ4n) is 2.78. The van der Waals surface area contributed by atoms with Crippen molar-refractivity contribution < 1.29 is 9.32 Å². The van der Waals surface area contributed by atoms with E-state index in [9.17, 15) is 9.32 Å². The summed E-state index contributed by atoms with van der Waals surface area (Å²) < 4.78 is 15.5. The third-order valence-corrected chi connectivity index (χ3v) is 7.51. The maximum absolute atomic E-state index is 12.6. The van der Waals surface area contributed by atoms with Gasteiger partial charge in [-0.3, -0.25) is 0 Å². The lowest BCUT2D eigenvalue weighted by Crippen LogP contribution is -2.54. The molecule has 2 N–H and O–H groups in total. The van der Waals surface area contributed by atoms with Gasteiger partial charge in [0.15, 0.2) is 0 Å². The number of hydrogen-bond acceptors (Lipinski definition) is 3. The first-order valence-electron chi connectivity index (χ1n) is 9.21. The van der Waals surface area contributed by atoms with Gasteiger partial charge in [-0.05, 0) is 56.5 Å². The molecule has 0 saturated carbocycles. The maximum atomic E-state index is 12.6. The molecule has 0 fully saturated rings. The van der Waals surface area contributed by atoms with E-state index >= 15 is 0 Å². The minimum Gasteiger partial charge on any atom is -0.388 e. The van der Waals surface area contributed by atoms with Gasteiger partial charge in [-0.2, -0.15) is 0 Å². The normalized spacial score (nSPS) is 15.2. The zero-order chi connectivity index (χ0) is 19.4. The summed E-state index contributed by atoms with van der Waals surface area (Å²) in [4.78, 5) is 1.16. The molecule has 0 aromatic heterocycles. The lowest BCUT2D eigenvalue weighted by atomic mass is 9.90. The molecule has 0 aliphatic carbocycles. The highest BCUT2D eigenvalue weighted by Gasteiger charge is 2.36. The van der Waals surface area contributed by atoms with Crippen LogP contribution in [0.25, 0.3) is 10.8 Å². The molecule has 0 spiro atoms.